The van der Waals surface area contributed by atoms with Crippen molar-refractivity contribution >= 4 is 12.1 Å². The summed E-state index contributed by atoms with van der Waals surface area (Å²) in [6.07, 6.45) is 2.47. The highest BCUT2D eigenvalue weighted by Gasteiger charge is 2.15. The summed E-state index contributed by atoms with van der Waals surface area (Å²) in [5.41, 5.74) is 4.19. The molecule has 128 valence electrons. The van der Waals surface area contributed by atoms with E-state index in [-0.39, 0.29) is 11.5 Å². The molecule has 0 aliphatic rings. The van der Waals surface area contributed by atoms with E-state index in [1.54, 1.807) is 6.92 Å². The quantitative estimate of drug-likeness (QED) is 0.566. The molecule has 0 radical (unpaired) electrons. The van der Waals surface area contributed by atoms with Gasteiger partial charge in [0.05, 0.1) is 18.0 Å². The first-order valence-corrected chi connectivity index (χ1v) is 7.54. The number of hydrogen-bond acceptors (Lipinski definition) is 6. The average molecular weight is 342 g/mol. The highest BCUT2D eigenvalue weighted by Crippen LogP contribution is 2.16. The Morgan fingerprint density at radius 3 is 2.84 bits per heavy atom. The molecule has 0 saturated carbocycles. The molecule has 0 aliphatic heterocycles. The van der Waals surface area contributed by atoms with Gasteiger partial charge in [-0.05, 0) is 13.8 Å². The average Bonchev–Trinajstić information content (AvgIpc) is 3.23. The standard InChI is InChI=1S/C16H15FN6O2/c1-3-23-13(17)12(9-19-23)8-18-21-15(24)16-20-14(22-25-16)11-6-4-10(2)5-7-11/h4-9H,3H2,1-2H3,(H,21,24)/b18-8-. The molecule has 0 fully saturated rings. The van der Waals surface area contributed by atoms with E-state index in [0.717, 1.165) is 17.3 Å². The Kier molecular flexibility index (Phi) is 4.64. The molecule has 2 heterocycles. The lowest BCUT2D eigenvalue weighted by atomic mass is 10.1. The van der Waals surface area contributed by atoms with Crippen LogP contribution in [0.1, 0.15) is 28.7 Å². The maximum Gasteiger partial charge on any atom is 0.329 e. The number of benzene rings is 1. The number of carbonyl (C=O) groups is 1. The van der Waals surface area contributed by atoms with Crippen LogP contribution >= 0.6 is 0 Å². The van der Waals surface area contributed by atoms with E-state index >= 15 is 0 Å². The van der Waals surface area contributed by atoms with Crippen LogP contribution in [0.3, 0.4) is 0 Å². The second-order valence-corrected chi connectivity index (χ2v) is 5.19. The van der Waals surface area contributed by atoms with E-state index in [1.807, 2.05) is 31.2 Å². The number of aryl methyl sites for hydroxylation is 2. The summed E-state index contributed by atoms with van der Waals surface area (Å²) in [5, 5.41) is 11.3. The van der Waals surface area contributed by atoms with Crippen molar-refractivity contribution < 1.29 is 13.7 Å². The Morgan fingerprint density at radius 1 is 1.40 bits per heavy atom. The Hall–Kier alpha value is -3.36. The van der Waals surface area contributed by atoms with E-state index in [9.17, 15) is 9.18 Å². The number of aromatic nitrogens is 4. The van der Waals surface area contributed by atoms with Crippen molar-refractivity contribution in [3.63, 3.8) is 0 Å². The number of hydrogen-bond donors (Lipinski definition) is 1. The number of halogens is 1. The van der Waals surface area contributed by atoms with Crippen molar-refractivity contribution in [2.45, 2.75) is 20.4 Å². The first-order chi connectivity index (χ1) is 12.1. The zero-order valence-corrected chi connectivity index (χ0v) is 13.6. The fourth-order valence-corrected chi connectivity index (χ4v) is 2.04. The van der Waals surface area contributed by atoms with E-state index in [2.05, 4.69) is 25.8 Å². The molecule has 0 aliphatic carbocycles. The van der Waals surface area contributed by atoms with Gasteiger partial charge in [0.25, 0.3) is 0 Å². The van der Waals surface area contributed by atoms with Crippen molar-refractivity contribution in [3.8, 4) is 11.4 Å². The van der Waals surface area contributed by atoms with E-state index in [1.165, 1.54) is 10.9 Å². The van der Waals surface area contributed by atoms with E-state index in [4.69, 9.17) is 4.52 Å². The lowest BCUT2D eigenvalue weighted by molar-refractivity contribution is 0.0911. The van der Waals surface area contributed by atoms with Crippen LogP contribution in [-0.4, -0.2) is 32.0 Å². The van der Waals surface area contributed by atoms with Crippen LogP contribution in [0.15, 0.2) is 40.1 Å². The monoisotopic (exact) mass is 342 g/mol. The molecule has 8 nitrogen and oxygen atoms in total. The van der Waals surface area contributed by atoms with Gasteiger partial charge in [-0.2, -0.15) is 19.6 Å². The van der Waals surface area contributed by atoms with Gasteiger partial charge in [0.2, 0.25) is 11.8 Å². The van der Waals surface area contributed by atoms with Gasteiger partial charge < -0.3 is 4.52 Å². The number of nitrogens with one attached hydrogen (secondary N) is 1. The summed E-state index contributed by atoms with van der Waals surface area (Å²) in [5.74, 6) is -1.16. The van der Waals surface area contributed by atoms with Crippen molar-refractivity contribution in [2.75, 3.05) is 0 Å². The minimum Gasteiger partial charge on any atom is -0.328 e. The van der Waals surface area contributed by atoms with Gasteiger partial charge in [-0.3, -0.25) is 4.79 Å². The summed E-state index contributed by atoms with van der Waals surface area (Å²) in [6, 6.07) is 7.46. The van der Waals surface area contributed by atoms with Crippen LogP contribution in [0.4, 0.5) is 4.39 Å². The lowest BCUT2D eigenvalue weighted by Crippen LogP contribution is -2.18. The Bertz CT molecular complexity index is 913. The maximum absolute atomic E-state index is 13.8. The van der Waals surface area contributed by atoms with Crippen LogP contribution in [0, 0.1) is 12.9 Å². The van der Waals surface area contributed by atoms with Gasteiger partial charge in [-0.15, -0.1) is 0 Å². The fourth-order valence-electron chi connectivity index (χ4n) is 2.04. The van der Waals surface area contributed by atoms with Crippen molar-refractivity contribution in [1.82, 2.24) is 25.3 Å². The molecular formula is C16H15FN6O2. The van der Waals surface area contributed by atoms with Gasteiger partial charge in [0, 0.05) is 12.1 Å². The minimum atomic E-state index is -0.689. The second-order valence-electron chi connectivity index (χ2n) is 5.19. The predicted molar refractivity (Wildman–Crippen MR) is 87.4 cm³/mol. The molecule has 2 aromatic heterocycles. The molecule has 0 unspecified atom stereocenters. The molecular weight excluding hydrogens is 327 g/mol. The molecule has 0 spiro atoms. The van der Waals surface area contributed by atoms with Crippen LogP contribution < -0.4 is 5.43 Å². The molecule has 3 rings (SSSR count). The van der Waals surface area contributed by atoms with Gasteiger partial charge in [-0.1, -0.05) is 35.0 Å². The van der Waals surface area contributed by atoms with E-state index < -0.39 is 11.9 Å². The molecule has 9 heteroatoms. The third-order valence-electron chi connectivity index (χ3n) is 3.40. The number of amides is 1. The third-order valence-corrected chi connectivity index (χ3v) is 3.40. The predicted octanol–water partition coefficient (Wildman–Crippen LogP) is 2.16. The molecule has 0 atom stereocenters. The van der Waals surface area contributed by atoms with Gasteiger partial charge in [-0.25, -0.2) is 10.1 Å². The summed E-state index contributed by atoms with van der Waals surface area (Å²) in [6.45, 7) is 4.12. The zero-order chi connectivity index (χ0) is 17.8. The number of carbonyl (C=O) groups excluding carboxylic acids is 1. The molecule has 1 N–H and O–H groups in total. The first kappa shape index (κ1) is 16.5. The summed E-state index contributed by atoms with van der Waals surface area (Å²) >= 11 is 0. The SMILES string of the molecule is CCn1ncc(/C=N\NC(=O)c2nc(-c3ccc(C)cc3)no2)c1F. The molecule has 1 amide bonds. The van der Waals surface area contributed by atoms with Crippen LogP contribution in [0.5, 0.6) is 0 Å². The minimum absolute atomic E-state index is 0.160. The Labute approximate surface area is 142 Å². The number of hydrazone groups is 1. The summed E-state index contributed by atoms with van der Waals surface area (Å²) in [7, 11) is 0. The fraction of sp³-hybridized carbons (Fsp3) is 0.188. The Balaban J connectivity index is 1.66. The van der Waals surface area contributed by atoms with E-state index in [0.29, 0.717) is 12.4 Å². The maximum atomic E-state index is 13.8. The smallest absolute Gasteiger partial charge is 0.328 e. The highest BCUT2D eigenvalue weighted by molar-refractivity contribution is 5.91. The van der Waals surface area contributed by atoms with Gasteiger partial charge in [0.1, 0.15) is 0 Å². The summed E-state index contributed by atoms with van der Waals surface area (Å²) < 4.78 is 19.9. The Morgan fingerprint density at radius 2 is 2.16 bits per heavy atom. The van der Waals surface area contributed by atoms with Gasteiger partial charge in [0.15, 0.2) is 0 Å². The third kappa shape index (κ3) is 3.60. The topological polar surface area (TPSA) is 98.2 Å². The van der Waals surface area contributed by atoms with Crippen molar-refractivity contribution in [3.05, 3.63) is 53.4 Å². The van der Waals surface area contributed by atoms with Crippen LogP contribution in [0.2, 0.25) is 0 Å². The number of rotatable bonds is 5. The normalized spacial score (nSPS) is 11.2. The second kappa shape index (κ2) is 7.04. The summed E-state index contributed by atoms with van der Waals surface area (Å²) in [4.78, 5) is 16.0. The van der Waals surface area contributed by atoms with Gasteiger partial charge >= 0.3 is 11.8 Å². The number of nitrogens with zero attached hydrogens (tertiary/aromatic N) is 5. The molecule has 25 heavy (non-hydrogen) atoms. The largest absolute Gasteiger partial charge is 0.329 e. The molecule has 1 aromatic carbocycles. The first-order valence-electron chi connectivity index (χ1n) is 7.54. The van der Waals surface area contributed by atoms with Crippen molar-refractivity contribution in [1.29, 1.82) is 0 Å². The van der Waals surface area contributed by atoms with Crippen LogP contribution in [0.25, 0.3) is 11.4 Å². The van der Waals surface area contributed by atoms with Crippen molar-refractivity contribution in [2.24, 2.45) is 5.10 Å². The highest BCUT2D eigenvalue weighted by atomic mass is 19.1. The molecule has 0 saturated heterocycles. The lowest BCUT2D eigenvalue weighted by Gasteiger charge is -1.95. The zero-order valence-electron chi connectivity index (χ0n) is 13.6. The molecule has 3 aromatic rings. The van der Waals surface area contributed by atoms with Crippen LogP contribution in [-0.2, 0) is 6.54 Å². The molecule has 0 bridgehead atoms.